The molecule has 0 saturated heterocycles. The van der Waals surface area contributed by atoms with Gasteiger partial charge in [-0.15, -0.1) is 0 Å². The van der Waals surface area contributed by atoms with E-state index in [1.807, 2.05) is 16.9 Å². The second kappa shape index (κ2) is 6.74. The van der Waals surface area contributed by atoms with Gasteiger partial charge in [-0.25, -0.2) is 0 Å². The predicted molar refractivity (Wildman–Crippen MR) is 63.2 cm³/mol. The first-order valence-corrected chi connectivity index (χ1v) is 6.98. The third kappa shape index (κ3) is 4.57. The molecule has 1 aromatic heterocycles. The lowest BCUT2D eigenvalue weighted by Gasteiger charge is -2.06. The van der Waals surface area contributed by atoms with Gasteiger partial charge >= 0.3 is 0 Å². The van der Waals surface area contributed by atoms with Gasteiger partial charge in [-0.3, -0.25) is 8.89 Å². The van der Waals surface area contributed by atoms with E-state index < -0.39 is 10.8 Å². The maximum absolute atomic E-state index is 10.8. The highest BCUT2D eigenvalue weighted by molar-refractivity contribution is 7.84. The van der Waals surface area contributed by atoms with Crippen molar-refractivity contribution in [1.29, 1.82) is 0 Å². The van der Waals surface area contributed by atoms with Crippen molar-refractivity contribution < 1.29 is 4.21 Å². The third-order valence-corrected chi connectivity index (χ3v) is 2.89. The van der Waals surface area contributed by atoms with Gasteiger partial charge in [-0.05, 0) is 12.5 Å². The van der Waals surface area contributed by atoms with Crippen LogP contribution >= 0.6 is 0 Å². The molecule has 1 atom stereocenters. The number of aryl methyl sites for hydroxylation is 1. The van der Waals surface area contributed by atoms with Crippen molar-refractivity contribution in [2.45, 2.75) is 26.4 Å². The van der Waals surface area contributed by atoms with Crippen LogP contribution in [0.25, 0.3) is 0 Å². The maximum atomic E-state index is 10.8. The van der Waals surface area contributed by atoms with Crippen LogP contribution in [0.2, 0.25) is 0 Å². The summed E-state index contributed by atoms with van der Waals surface area (Å²) in [7, 11) is -0.708. The highest BCUT2D eigenvalue weighted by Crippen LogP contribution is 1.99. The molecule has 1 N–H and O–H groups in total. The fraction of sp³-hybridized carbons (Fsp3) is 0.700. The molecule has 4 nitrogen and oxygen atoms in total. The zero-order valence-electron chi connectivity index (χ0n) is 9.40. The van der Waals surface area contributed by atoms with Crippen LogP contribution in [0.3, 0.4) is 0 Å². The SMILES string of the molecule is CCCn1nccc1CNCCS(C)=O. The van der Waals surface area contributed by atoms with Gasteiger partial charge in [-0.2, -0.15) is 5.10 Å². The van der Waals surface area contributed by atoms with Crippen LogP contribution in [0, 0.1) is 0 Å². The minimum Gasteiger partial charge on any atom is -0.310 e. The van der Waals surface area contributed by atoms with Gasteiger partial charge in [0.05, 0.1) is 5.69 Å². The van der Waals surface area contributed by atoms with E-state index in [4.69, 9.17) is 0 Å². The zero-order valence-corrected chi connectivity index (χ0v) is 10.2. The van der Waals surface area contributed by atoms with Crippen molar-refractivity contribution in [3.05, 3.63) is 18.0 Å². The molecule has 0 spiro atoms. The molecule has 0 radical (unpaired) electrons. The highest BCUT2D eigenvalue weighted by atomic mass is 32.2. The van der Waals surface area contributed by atoms with Gasteiger partial charge in [-0.1, -0.05) is 6.92 Å². The Balaban J connectivity index is 2.30. The fourth-order valence-electron chi connectivity index (χ4n) is 1.36. The molecule has 1 heterocycles. The number of aromatic nitrogens is 2. The molecule has 0 saturated carbocycles. The quantitative estimate of drug-likeness (QED) is 0.702. The van der Waals surface area contributed by atoms with Gasteiger partial charge in [0, 0.05) is 48.6 Å². The summed E-state index contributed by atoms with van der Waals surface area (Å²) in [4.78, 5) is 0. The summed E-state index contributed by atoms with van der Waals surface area (Å²) in [5.41, 5.74) is 1.19. The first kappa shape index (κ1) is 12.4. The fourth-order valence-corrected chi connectivity index (χ4v) is 1.79. The molecular formula is C10H19N3OS. The summed E-state index contributed by atoms with van der Waals surface area (Å²) in [6, 6.07) is 2.02. The van der Waals surface area contributed by atoms with E-state index in [9.17, 15) is 4.21 Å². The van der Waals surface area contributed by atoms with Gasteiger partial charge in [0.1, 0.15) is 0 Å². The van der Waals surface area contributed by atoms with E-state index in [1.54, 1.807) is 6.26 Å². The lowest BCUT2D eigenvalue weighted by molar-refractivity contribution is 0.554. The molecule has 0 bridgehead atoms. The molecule has 15 heavy (non-hydrogen) atoms. The Morgan fingerprint density at radius 3 is 3.07 bits per heavy atom. The molecule has 1 aromatic rings. The molecule has 0 aromatic carbocycles. The molecule has 86 valence electrons. The largest absolute Gasteiger partial charge is 0.310 e. The lowest BCUT2D eigenvalue weighted by atomic mass is 10.4. The van der Waals surface area contributed by atoms with Crippen molar-refractivity contribution in [1.82, 2.24) is 15.1 Å². The molecule has 0 aliphatic rings. The lowest BCUT2D eigenvalue weighted by Crippen LogP contribution is -2.21. The number of nitrogens with one attached hydrogen (secondary N) is 1. The van der Waals surface area contributed by atoms with Crippen molar-refractivity contribution in [2.75, 3.05) is 18.6 Å². The van der Waals surface area contributed by atoms with Crippen molar-refractivity contribution >= 4 is 10.8 Å². The van der Waals surface area contributed by atoms with Crippen LogP contribution in [0.1, 0.15) is 19.0 Å². The number of hydrogen-bond acceptors (Lipinski definition) is 3. The number of nitrogens with zero attached hydrogens (tertiary/aromatic N) is 2. The normalized spacial score (nSPS) is 12.9. The molecule has 5 heteroatoms. The summed E-state index contributed by atoms with van der Waals surface area (Å²) < 4.78 is 12.8. The Labute approximate surface area is 93.5 Å². The van der Waals surface area contributed by atoms with Crippen LogP contribution in [-0.2, 0) is 23.9 Å². The molecule has 0 fully saturated rings. The summed E-state index contributed by atoms with van der Waals surface area (Å²) in [5.74, 6) is 0.710. The van der Waals surface area contributed by atoms with Crippen LogP contribution in [0.4, 0.5) is 0 Å². The molecule has 0 aliphatic carbocycles. The summed E-state index contributed by atoms with van der Waals surface area (Å²) >= 11 is 0. The van der Waals surface area contributed by atoms with Gasteiger partial charge in [0.2, 0.25) is 0 Å². The summed E-state index contributed by atoms with van der Waals surface area (Å²) in [6.07, 6.45) is 4.64. The molecular weight excluding hydrogens is 210 g/mol. The summed E-state index contributed by atoms with van der Waals surface area (Å²) in [6.45, 7) is 4.69. The van der Waals surface area contributed by atoms with E-state index in [-0.39, 0.29) is 0 Å². The monoisotopic (exact) mass is 229 g/mol. The molecule has 1 unspecified atom stereocenters. The molecule has 0 amide bonds. The topological polar surface area (TPSA) is 46.9 Å². The molecule has 0 aliphatic heterocycles. The van der Waals surface area contributed by atoms with Crippen LogP contribution in [0.15, 0.2) is 12.3 Å². The Bertz CT molecular complexity index is 311. The van der Waals surface area contributed by atoms with E-state index in [0.717, 1.165) is 26.1 Å². The zero-order chi connectivity index (χ0) is 11.1. The van der Waals surface area contributed by atoms with Crippen LogP contribution in [-0.4, -0.2) is 32.5 Å². The third-order valence-electron chi connectivity index (χ3n) is 2.11. The summed E-state index contributed by atoms with van der Waals surface area (Å²) in [5, 5.41) is 7.50. The van der Waals surface area contributed by atoms with Gasteiger partial charge in [0.15, 0.2) is 0 Å². The molecule has 1 rings (SSSR count). The number of rotatable bonds is 7. The number of hydrogen-bond donors (Lipinski definition) is 1. The van der Waals surface area contributed by atoms with Crippen LogP contribution < -0.4 is 5.32 Å². The Morgan fingerprint density at radius 1 is 1.60 bits per heavy atom. The van der Waals surface area contributed by atoms with E-state index in [2.05, 4.69) is 17.3 Å². The Morgan fingerprint density at radius 2 is 2.40 bits per heavy atom. The average Bonchev–Trinajstić information content (AvgIpc) is 2.61. The van der Waals surface area contributed by atoms with E-state index in [1.165, 1.54) is 5.69 Å². The van der Waals surface area contributed by atoms with Gasteiger partial charge in [0.25, 0.3) is 0 Å². The average molecular weight is 229 g/mol. The first-order valence-electron chi connectivity index (χ1n) is 5.25. The standard InChI is InChI=1S/C10H19N3OS/c1-3-7-13-10(4-5-12-13)9-11-6-8-15(2)14/h4-5,11H,3,6-9H2,1-2H3. The van der Waals surface area contributed by atoms with E-state index in [0.29, 0.717) is 5.75 Å². The second-order valence-electron chi connectivity index (χ2n) is 3.50. The first-order chi connectivity index (χ1) is 7.24. The van der Waals surface area contributed by atoms with Crippen LogP contribution in [0.5, 0.6) is 0 Å². The van der Waals surface area contributed by atoms with Gasteiger partial charge < -0.3 is 5.32 Å². The highest BCUT2D eigenvalue weighted by Gasteiger charge is 2.00. The van der Waals surface area contributed by atoms with Crippen molar-refractivity contribution in [3.8, 4) is 0 Å². The second-order valence-corrected chi connectivity index (χ2v) is 5.05. The maximum Gasteiger partial charge on any atom is 0.0522 e. The Hall–Kier alpha value is -0.680. The van der Waals surface area contributed by atoms with E-state index >= 15 is 0 Å². The smallest absolute Gasteiger partial charge is 0.0522 e. The van der Waals surface area contributed by atoms with Crippen molar-refractivity contribution in [3.63, 3.8) is 0 Å². The van der Waals surface area contributed by atoms with Crippen molar-refractivity contribution in [2.24, 2.45) is 0 Å². The minimum atomic E-state index is -0.708. The Kier molecular flexibility index (Phi) is 5.57. The predicted octanol–water partition coefficient (Wildman–Crippen LogP) is 0.761. The minimum absolute atomic E-state index is 0.708.